The molecule has 3 unspecified atom stereocenters. The number of amides is 1. The molecular formula is C22H24F2N2O3S. The van der Waals surface area contributed by atoms with Crippen LogP contribution in [0.4, 0.5) is 8.78 Å². The van der Waals surface area contributed by atoms with Crippen molar-refractivity contribution in [2.75, 3.05) is 19.3 Å². The molecule has 1 aliphatic heterocycles. The minimum atomic E-state index is -3.32. The lowest BCUT2D eigenvalue weighted by Crippen LogP contribution is -2.49. The Hall–Kier alpha value is -2.32. The largest absolute Gasteiger partial charge is 0.341 e. The van der Waals surface area contributed by atoms with Crippen LogP contribution in [0.15, 0.2) is 42.5 Å². The van der Waals surface area contributed by atoms with Crippen molar-refractivity contribution in [1.29, 1.82) is 0 Å². The van der Waals surface area contributed by atoms with E-state index in [4.69, 9.17) is 0 Å². The molecule has 2 aromatic rings. The number of hydrogen-bond acceptors (Lipinski definition) is 3. The maximum absolute atomic E-state index is 14.4. The van der Waals surface area contributed by atoms with Gasteiger partial charge in [-0.25, -0.2) is 21.9 Å². The molecule has 1 amide bonds. The Kier molecular flexibility index (Phi) is 5.63. The van der Waals surface area contributed by atoms with Crippen LogP contribution < -0.4 is 4.72 Å². The predicted octanol–water partition coefficient (Wildman–Crippen LogP) is 3.28. The number of piperidine rings is 1. The molecule has 1 saturated heterocycles. The van der Waals surface area contributed by atoms with Crippen LogP contribution in [0.5, 0.6) is 0 Å². The van der Waals surface area contributed by atoms with Crippen LogP contribution in [-0.4, -0.2) is 44.6 Å². The van der Waals surface area contributed by atoms with Crippen molar-refractivity contribution in [2.45, 2.75) is 31.2 Å². The third-order valence-corrected chi connectivity index (χ3v) is 6.56. The van der Waals surface area contributed by atoms with Gasteiger partial charge in [-0.05, 0) is 48.4 Å². The van der Waals surface area contributed by atoms with E-state index in [1.165, 1.54) is 12.1 Å². The summed E-state index contributed by atoms with van der Waals surface area (Å²) in [5.41, 5.74) is 1.87. The molecule has 2 aromatic carbocycles. The molecule has 2 fully saturated rings. The number of nitrogens with one attached hydrogen (secondary N) is 1. The molecule has 1 aliphatic carbocycles. The molecule has 0 bridgehead atoms. The Labute approximate surface area is 175 Å². The van der Waals surface area contributed by atoms with Gasteiger partial charge in [-0.3, -0.25) is 4.79 Å². The minimum absolute atomic E-state index is 0.00869. The second kappa shape index (κ2) is 8.07. The lowest BCUT2D eigenvalue weighted by molar-refractivity contribution is -0.133. The molecule has 2 aliphatic rings. The first-order valence-corrected chi connectivity index (χ1v) is 11.9. The van der Waals surface area contributed by atoms with E-state index in [1.807, 2.05) is 12.1 Å². The SMILES string of the molecule is CS(=O)(=O)NC1CCCN(C(=O)C2CC2c2ccccc2-c2ccc(F)cc2F)C1. The average Bonchev–Trinajstić information content (AvgIpc) is 3.47. The topological polar surface area (TPSA) is 66.5 Å². The maximum atomic E-state index is 14.4. The summed E-state index contributed by atoms with van der Waals surface area (Å²) in [6.45, 7) is 0.974. The van der Waals surface area contributed by atoms with Crippen molar-refractivity contribution in [3.05, 3.63) is 59.7 Å². The zero-order valence-corrected chi connectivity index (χ0v) is 17.5. The fourth-order valence-electron chi connectivity index (χ4n) is 4.40. The maximum Gasteiger partial charge on any atom is 0.226 e. The van der Waals surface area contributed by atoms with Crippen molar-refractivity contribution < 1.29 is 22.0 Å². The summed E-state index contributed by atoms with van der Waals surface area (Å²) in [6.07, 6.45) is 3.24. The number of sulfonamides is 1. The number of nitrogens with zero attached hydrogens (tertiary/aromatic N) is 1. The lowest BCUT2D eigenvalue weighted by Gasteiger charge is -2.33. The quantitative estimate of drug-likeness (QED) is 0.786. The van der Waals surface area contributed by atoms with Crippen molar-refractivity contribution in [3.63, 3.8) is 0 Å². The van der Waals surface area contributed by atoms with E-state index in [-0.39, 0.29) is 23.8 Å². The van der Waals surface area contributed by atoms with Crippen LogP contribution >= 0.6 is 0 Å². The van der Waals surface area contributed by atoms with Gasteiger partial charge in [0.05, 0.1) is 6.26 Å². The van der Waals surface area contributed by atoms with Crippen molar-refractivity contribution in [2.24, 2.45) is 5.92 Å². The van der Waals surface area contributed by atoms with Gasteiger partial charge in [-0.1, -0.05) is 24.3 Å². The number of rotatable bonds is 5. The van der Waals surface area contributed by atoms with E-state index in [2.05, 4.69) is 4.72 Å². The highest BCUT2D eigenvalue weighted by atomic mass is 32.2. The van der Waals surface area contributed by atoms with Gasteiger partial charge in [0.2, 0.25) is 15.9 Å². The number of likely N-dealkylation sites (tertiary alicyclic amines) is 1. The van der Waals surface area contributed by atoms with Crippen molar-refractivity contribution >= 4 is 15.9 Å². The van der Waals surface area contributed by atoms with E-state index in [1.54, 1.807) is 17.0 Å². The average molecular weight is 435 g/mol. The van der Waals surface area contributed by atoms with Crippen molar-refractivity contribution in [1.82, 2.24) is 9.62 Å². The molecule has 4 rings (SSSR count). The first-order chi connectivity index (χ1) is 14.2. The summed E-state index contributed by atoms with van der Waals surface area (Å²) in [5, 5.41) is 0. The van der Waals surface area contributed by atoms with E-state index >= 15 is 0 Å². The van der Waals surface area contributed by atoms with Gasteiger partial charge in [-0.15, -0.1) is 0 Å². The van der Waals surface area contributed by atoms with Gasteiger partial charge < -0.3 is 4.90 Å². The summed E-state index contributed by atoms with van der Waals surface area (Å²) < 4.78 is 53.3. The van der Waals surface area contributed by atoms with Crippen LogP contribution in [0.2, 0.25) is 0 Å². The van der Waals surface area contributed by atoms with E-state index in [9.17, 15) is 22.0 Å². The summed E-state index contributed by atoms with van der Waals surface area (Å²) in [7, 11) is -3.32. The van der Waals surface area contributed by atoms with Gasteiger partial charge in [0.15, 0.2) is 0 Å². The fraction of sp³-hybridized carbons (Fsp3) is 0.409. The first-order valence-electron chi connectivity index (χ1n) is 10.0. The highest BCUT2D eigenvalue weighted by Gasteiger charge is 2.47. The third-order valence-electron chi connectivity index (χ3n) is 5.80. The van der Waals surface area contributed by atoms with Crippen LogP contribution in [0.25, 0.3) is 11.1 Å². The summed E-state index contributed by atoms with van der Waals surface area (Å²) in [4.78, 5) is 14.8. The van der Waals surface area contributed by atoms with Gasteiger partial charge in [-0.2, -0.15) is 0 Å². The Morgan fingerprint density at radius 1 is 1.13 bits per heavy atom. The summed E-state index contributed by atoms with van der Waals surface area (Å²) >= 11 is 0. The highest BCUT2D eigenvalue weighted by molar-refractivity contribution is 7.88. The van der Waals surface area contributed by atoms with Crippen LogP contribution in [0.1, 0.15) is 30.7 Å². The van der Waals surface area contributed by atoms with E-state index in [0.717, 1.165) is 24.3 Å². The van der Waals surface area contributed by atoms with Gasteiger partial charge >= 0.3 is 0 Å². The molecule has 3 atom stereocenters. The monoisotopic (exact) mass is 434 g/mol. The van der Waals surface area contributed by atoms with Crippen LogP contribution in [-0.2, 0) is 14.8 Å². The number of carbonyl (C=O) groups is 1. The smallest absolute Gasteiger partial charge is 0.226 e. The second-order valence-electron chi connectivity index (χ2n) is 8.17. The molecule has 0 radical (unpaired) electrons. The highest BCUT2D eigenvalue weighted by Crippen LogP contribution is 2.51. The number of hydrogen-bond donors (Lipinski definition) is 1. The lowest BCUT2D eigenvalue weighted by atomic mass is 9.95. The van der Waals surface area contributed by atoms with Gasteiger partial charge in [0.1, 0.15) is 11.6 Å². The molecule has 1 saturated carbocycles. The summed E-state index contributed by atoms with van der Waals surface area (Å²) in [5.74, 6) is -1.48. The number of benzene rings is 2. The van der Waals surface area contributed by atoms with E-state index < -0.39 is 21.7 Å². The molecule has 30 heavy (non-hydrogen) atoms. The minimum Gasteiger partial charge on any atom is -0.341 e. The third kappa shape index (κ3) is 4.54. The summed E-state index contributed by atoms with van der Waals surface area (Å²) in [6, 6.07) is 10.6. The molecule has 5 nitrogen and oxygen atoms in total. The molecule has 160 valence electrons. The fourth-order valence-corrected chi connectivity index (χ4v) is 5.19. The van der Waals surface area contributed by atoms with Crippen LogP contribution in [0.3, 0.4) is 0 Å². The standard InChI is InChI=1S/C22H24F2N2O3S/c1-30(28,29)25-15-5-4-10-26(13-15)22(27)20-12-19(20)17-7-3-2-6-16(17)18-9-8-14(23)11-21(18)24/h2-3,6-9,11,15,19-20,25H,4-5,10,12-13H2,1H3. The Balaban J connectivity index is 1.50. The predicted molar refractivity (Wildman–Crippen MR) is 110 cm³/mol. The normalized spacial score (nSPS) is 24.0. The Morgan fingerprint density at radius 2 is 1.90 bits per heavy atom. The number of carbonyl (C=O) groups excluding carboxylic acids is 1. The molecule has 8 heteroatoms. The Morgan fingerprint density at radius 3 is 2.63 bits per heavy atom. The van der Waals surface area contributed by atoms with Crippen LogP contribution in [0, 0.1) is 17.6 Å². The van der Waals surface area contributed by atoms with Crippen molar-refractivity contribution in [3.8, 4) is 11.1 Å². The zero-order valence-electron chi connectivity index (χ0n) is 16.6. The number of halogens is 2. The van der Waals surface area contributed by atoms with Gasteiger partial charge in [0.25, 0.3) is 0 Å². The Bertz CT molecular complexity index is 1070. The van der Waals surface area contributed by atoms with Gasteiger partial charge in [0, 0.05) is 36.7 Å². The zero-order chi connectivity index (χ0) is 21.5. The molecular weight excluding hydrogens is 410 g/mol. The first kappa shape index (κ1) is 20.9. The van der Waals surface area contributed by atoms with E-state index in [0.29, 0.717) is 37.1 Å². The second-order valence-corrected chi connectivity index (χ2v) is 9.95. The molecule has 1 N–H and O–H groups in total. The molecule has 0 spiro atoms. The molecule has 0 aromatic heterocycles. The molecule has 1 heterocycles.